The van der Waals surface area contributed by atoms with Crippen LogP contribution in [0.15, 0.2) is 0 Å². The summed E-state index contributed by atoms with van der Waals surface area (Å²) in [4.78, 5) is 24.0. The third kappa shape index (κ3) is 3.78. The molecule has 2 fully saturated rings. The average Bonchev–Trinajstić information content (AvgIpc) is 2.47. The van der Waals surface area contributed by atoms with Gasteiger partial charge in [-0.2, -0.15) is 0 Å². The van der Waals surface area contributed by atoms with Crippen molar-refractivity contribution in [2.45, 2.75) is 50.5 Å². The normalized spacial score (nSPS) is 23.9. The second-order valence-corrected chi connectivity index (χ2v) is 8.36. The molecule has 1 saturated heterocycles. The summed E-state index contributed by atoms with van der Waals surface area (Å²) >= 11 is 0. The molecule has 7 nitrogen and oxygen atoms in total. The van der Waals surface area contributed by atoms with Crippen molar-refractivity contribution in [3.63, 3.8) is 0 Å². The van der Waals surface area contributed by atoms with E-state index < -0.39 is 21.5 Å². The first kappa shape index (κ1) is 17.2. The number of nitrogens with one attached hydrogen (secondary N) is 1. The van der Waals surface area contributed by atoms with E-state index >= 15 is 0 Å². The zero-order chi connectivity index (χ0) is 16.4. The Morgan fingerprint density at radius 1 is 1.14 bits per heavy atom. The Balaban J connectivity index is 1.96. The van der Waals surface area contributed by atoms with Crippen LogP contribution < -0.4 is 5.32 Å². The Kier molecular flexibility index (Phi) is 5.11. The molecule has 0 aromatic heterocycles. The highest BCUT2D eigenvalue weighted by Crippen LogP contribution is 2.30. The molecule has 2 rings (SSSR count). The van der Waals surface area contributed by atoms with Crippen LogP contribution in [0.1, 0.15) is 44.9 Å². The fourth-order valence-electron chi connectivity index (χ4n) is 3.34. The molecule has 1 aliphatic carbocycles. The van der Waals surface area contributed by atoms with Gasteiger partial charge in [0.1, 0.15) is 5.54 Å². The van der Waals surface area contributed by atoms with Crippen molar-refractivity contribution >= 4 is 21.9 Å². The van der Waals surface area contributed by atoms with Gasteiger partial charge in [-0.05, 0) is 25.7 Å². The van der Waals surface area contributed by atoms with Gasteiger partial charge in [-0.3, -0.25) is 4.79 Å². The molecule has 1 saturated carbocycles. The molecule has 0 aromatic rings. The van der Waals surface area contributed by atoms with Crippen LogP contribution in [0.25, 0.3) is 0 Å². The van der Waals surface area contributed by atoms with Gasteiger partial charge in [0.25, 0.3) is 0 Å². The van der Waals surface area contributed by atoms with E-state index in [2.05, 4.69) is 5.32 Å². The molecule has 0 atom stereocenters. The molecular weight excluding hydrogens is 308 g/mol. The maximum Gasteiger partial charge on any atom is 0.329 e. The monoisotopic (exact) mass is 332 g/mol. The van der Waals surface area contributed by atoms with Crippen molar-refractivity contribution in [2.75, 3.05) is 19.3 Å². The van der Waals surface area contributed by atoms with Gasteiger partial charge >= 0.3 is 5.97 Å². The van der Waals surface area contributed by atoms with E-state index in [9.17, 15) is 23.1 Å². The molecule has 0 spiro atoms. The van der Waals surface area contributed by atoms with E-state index in [1.165, 1.54) is 4.31 Å². The number of carboxylic acid groups (broad SMARTS) is 1. The largest absolute Gasteiger partial charge is 0.480 e. The summed E-state index contributed by atoms with van der Waals surface area (Å²) in [6, 6.07) is 0. The minimum Gasteiger partial charge on any atom is -0.480 e. The van der Waals surface area contributed by atoms with E-state index in [-0.39, 0.29) is 11.8 Å². The Morgan fingerprint density at radius 3 is 2.14 bits per heavy atom. The van der Waals surface area contributed by atoms with Crippen molar-refractivity contribution in [3.05, 3.63) is 0 Å². The molecule has 0 unspecified atom stereocenters. The number of carbonyl (C=O) groups is 2. The predicted octanol–water partition coefficient (Wildman–Crippen LogP) is 0.562. The lowest BCUT2D eigenvalue weighted by atomic mass is 9.81. The molecule has 1 heterocycles. The molecule has 22 heavy (non-hydrogen) atoms. The van der Waals surface area contributed by atoms with Crippen molar-refractivity contribution < 1.29 is 23.1 Å². The highest BCUT2D eigenvalue weighted by molar-refractivity contribution is 7.88. The molecule has 126 valence electrons. The lowest BCUT2D eigenvalue weighted by molar-refractivity contribution is -0.150. The molecule has 1 amide bonds. The standard InChI is InChI=1S/C14H24N2O5S/c1-22(20,21)16-9-5-11(6-10-16)12(17)15-14(13(18)19)7-3-2-4-8-14/h11H,2-10H2,1H3,(H,15,17)(H,18,19). The highest BCUT2D eigenvalue weighted by atomic mass is 32.2. The summed E-state index contributed by atoms with van der Waals surface area (Å²) in [6.07, 6.45) is 5.58. The Labute approximate surface area is 131 Å². The highest BCUT2D eigenvalue weighted by Gasteiger charge is 2.42. The van der Waals surface area contributed by atoms with Gasteiger partial charge in [-0.15, -0.1) is 0 Å². The third-order valence-electron chi connectivity index (χ3n) is 4.77. The van der Waals surface area contributed by atoms with Crippen LogP contribution in [0.5, 0.6) is 0 Å². The first-order chi connectivity index (χ1) is 10.2. The maximum absolute atomic E-state index is 12.4. The predicted molar refractivity (Wildman–Crippen MR) is 80.7 cm³/mol. The van der Waals surface area contributed by atoms with Crippen LogP contribution in [0, 0.1) is 5.92 Å². The van der Waals surface area contributed by atoms with E-state index in [4.69, 9.17) is 0 Å². The van der Waals surface area contributed by atoms with Crippen LogP contribution in [0.3, 0.4) is 0 Å². The topological polar surface area (TPSA) is 104 Å². The van der Waals surface area contributed by atoms with Crippen LogP contribution in [-0.2, 0) is 19.6 Å². The van der Waals surface area contributed by atoms with Crippen molar-refractivity contribution in [2.24, 2.45) is 5.92 Å². The van der Waals surface area contributed by atoms with Crippen LogP contribution in [-0.4, -0.2) is 54.6 Å². The molecule has 2 aliphatic rings. The summed E-state index contributed by atoms with van der Waals surface area (Å²) in [5.74, 6) is -1.53. The number of amides is 1. The number of rotatable bonds is 4. The smallest absolute Gasteiger partial charge is 0.329 e. The van der Waals surface area contributed by atoms with E-state index in [1.807, 2.05) is 0 Å². The first-order valence-electron chi connectivity index (χ1n) is 7.75. The van der Waals surface area contributed by atoms with Crippen molar-refractivity contribution in [1.29, 1.82) is 0 Å². The summed E-state index contributed by atoms with van der Waals surface area (Å²) in [6.45, 7) is 0.633. The molecule has 8 heteroatoms. The number of hydrogen-bond acceptors (Lipinski definition) is 4. The minimum atomic E-state index is -3.22. The lowest BCUT2D eigenvalue weighted by Gasteiger charge is -2.36. The first-order valence-corrected chi connectivity index (χ1v) is 9.60. The zero-order valence-corrected chi connectivity index (χ0v) is 13.7. The molecule has 0 bridgehead atoms. The maximum atomic E-state index is 12.4. The minimum absolute atomic E-state index is 0.252. The summed E-state index contributed by atoms with van der Waals surface area (Å²) < 4.78 is 24.3. The van der Waals surface area contributed by atoms with Gasteiger partial charge in [-0.25, -0.2) is 17.5 Å². The fraction of sp³-hybridized carbons (Fsp3) is 0.857. The van der Waals surface area contributed by atoms with Gasteiger partial charge < -0.3 is 10.4 Å². The molecule has 2 N–H and O–H groups in total. The molecular formula is C14H24N2O5S. The molecule has 0 aromatic carbocycles. The van der Waals surface area contributed by atoms with Crippen molar-refractivity contribution in [3.8, 4) is 0 Å². The Morgan fingerprint density at radius 2 is 1.68 bits per heavy atom. The van der Waals surface area contributed by atoms with Crippen LogP contribution >= 0.6 is 0 Å². The Hall–Kier alpha value is -1.15. The second-order valence-electron chi connectivity index (χ2n) is 6.37. The second kappa shape index (κ2) is 6.54. The SMILES string of the molecule is CS(=O)(=O)N1CCC(C(=O)NC2(C(=O)O)CCCCC2)CC1. The van der Waals surface area contributed by atoms with Crippen LogP contribution in [0.4, 0.5) is 0 Å². The number of carboxylic acids is 1. The van der Waals surface area contributed by atoms with Gasteiger partial charge in [-0.1, -0.05) is 19.3 Å². The molecule has 1 aliphatic heterocycles. The quantitative estimate of drug-likeness (QED) is 0.783. The van der Waals surface area contributed by atoms with Gasteiger partial charge in [0.15, 0.2) is 0 Å². The van der Waals surface area contributed by atoms with E-state index in [0.29, 0.717) is 38.8 Å². The number of piperidine rings is 1. The summed E-state index contributed by atoms with van der Waals surface area (Å²) in [7, 11) is -3.22. The number of aliphatic carboxylic acids is 1. The Bertz CT molecular complexity index is 531. The summed E-state index contributed by atoms with van der Waals surface area (Å²) in [5, 5.41) is 12.2. The fourth-order valence-corrected chi connectivity index (χ4v) is 4.21. The zero-order valence-electron chi connectivity index (χ0n) is 12.9. The lowest BCUT2D eigenvalue weighted by Crippen LogP contribution is -2.57. The van der Waals surface area contributed by atoms with E-state index in [1.54, 1.807) is 0 Å². The van der Waals surface area contributed by atoms with E-state index in [0.717, 1.165) is 25.5 Å². The number of hydrogen-bond donors (Lipinski definition) is 2. The van der Waals surface area contributed by atoms with Crippen LogP contribution in [0.2, 0.25) is 0 Å². The van der Waals surface area contributed by atoms with Crippen molar-refractivity contribution in [1.82, 2.24) is 9.62 Å². The number of sulfonamides is 1. The van der Waals surface area contributed by atoms with Gasteiger partial charge in [0.2, 0.25) is 15.9 Å². The number of carbonyl (C=O) groups excluding carboxylic acids is 1. The van der Waals surface area contributed by atoms with Gasteiger partial charge in [0.05, 0.1) is 6.26 Å². The third-order valence-corrected chi connectivity index (χ3v) is 6.08. The number of nitrogens with zero attached hydrogens (tertiary/aromatic N) is 1. The molecule has 0 radical (unpaired) electrons. The summed E-state index contributed by atoms with van der Waals surface area (Å²) in [5.41, 5.74) is -1.14. The van der Waals surface area contributed by atoms with Gasteiger partial charge in [0, 0.05) is 19.0 Å². The average molecular weight is 332 g/mol.